The van der Waals surface area contributed by atoms with Gasteiger partial charge in [0.15, 0.2) is 0 Å². The van der Waals surface area contributed by atoms with Gasteiger partial charge in [-0.3, -0.25) is 0 Å². The van der Waals surface area contributed by atoms with Gasteiger partial charge < -0.3 is 5.32 Å². The fourth-order valence-electron chi connectivity index (χ4n) is 2.09. The van der Waals surface area contributed by atoms with Crippen LogP contribution in [0.25, 0.3) is 10.8 Å². The van der Waals surface area contributed by atoms with Gasteiger partial charge in [-0.15, -0.1) is 0 Å². The molecule has 0 aliphatic carbocycles. The van der Waals surface area contributed by atoms with E-state index in [9.17, 15) is 0 Å². The fraction of sp³-hybridized carbons (Fsp3) is 0.0625. The summed E-state index contributed by atoms with van der Waals surface area (Å²) in [4.78, 5) is 4.45. The molecule has 0 saturated carbocycles. The minimum atomic E-state index is 0.888. The van der Waals surface area contributed by atoms with E-state index in [0.29, 0.717) is 0 Å². The smallest absolute Gasteiger partial charge is 0.138 e. The number of fused-ring (bicyclic) bond motifs is 1. The second kappa shape index (κ2) is 5.02. The van der Waals surface area contributed by atoms with Gasteiger partial charge in [-0.1, -0.05) is 46.3 Å². The van der Waals surface area contributed by atoms with Crippen molar-refractivity contribution in [3.8, 4) is 0 Å². The first-order valence-corrected chi connectivity index (χ1v) is 6.91. The van der Waals surface area contributed by atoms with E-state index in [4.69, 9.17) is 0 Å². The number of hydrogen-bond acceptors (Lipinski definition) is 2. The van der Waals surface area contributed by atoms with E-state index < -0.39 is 0 Å². The third-order valence-corrected chi connectivity index (χ3v) is 4.05. The maximum absolute atomic E-state index is 4.45. The van der Waals surface area contributed by atoms with Crippen molar-refractivity contribution >= 4 is 38.2 Å². The zero-order chi connectivity index (χ0) is 13.2. The highest BCUT2D eigenvalue weighted by Crippen LogP contribution is 2.28. The van der Waals surface area contributed by atoms with Crippen LogP contribution in [0.5, 0.6) is 0 Å². The van der Waals surface area contributed by atoms with Gasteiger partial charge in [0.25, 0.3) is 0 Å². The Balaban J connectivity index is 2.09. The Labute approximate surface area is 120 Å². The van der Waals surface area contributed by atoms with Crippen molar-refractivity contribution in [3.63, 3.8) is 0 Å². The normalized spacial score (nSPS) is 10.6. The highest BCUT2D eigenvalue weighted by Gasteiger charge is 2.05. The summed E-state index contributed by atoms with van der Waals surface area (Å²) in [7, 11) is 0. The third-order valence-electron chi connectivity index (χ3n) is 3.19. The molecule has 0 radical (unpaired) electrons. The van der Waals surface area contributed by atoms with Gasteiger partial charge in [-0.2, -0.15) is 0 Å². The molecule has 94 valence electrons. The Bertz CT molecular complexity index is 732. The predicted octanol–water partition coefficient (Wildman–Crippen LogP) is 5.05. The summed E-state index contributed by atoms with van der Waals surface area (Å²) in [5, 5.41) is 5.73. The number of nitrogens with one attached hydrogen (secondary N) is 1. The zero-order valence-corrected chi connectivity index (χ0v) is 12.1. The number of anilines is 2. The van der Waals surface area contributed by atoms with E-state index in [1.165, 1.54) is 10.9 Å². The summed E-state index contributed by atoms with van der Waals surface area (Å²) < 4.78 is 1.10. The molecule has 19 heavy (non-hydrogen) atoms. The summed E-state index contributed by atoms with van der Waals surface area (Å²) in [6.07, 6.45) is 1.83. The molecule has 2 aromatic carbocycles. The molecule has 0 spiro atoms. The quantitative estimate of drug-likeness (QED) is 0.716. The Morgan fingerprint density at radius 2 is 1.84 bits per heavy atom. The van der Waals surface area contributed by atoms with Crippen LogP contribution in [0.15, 0.2) is 59.2 Å². The van der Waals surface area contributed by atoms with Gasteiger partial charge in [-0.05, 0) is 36.1 Å². The van der Waals surface area contributed by atoms with Crippen molar-refractivity contribution in [3.05, 3.63) is 64.8 Å². The van der Waals surface area contributed by atoms with Crippen LogP contribution in [0.1, 0.15) is 5.56 Å². The molecular weight excluding hydrogens is 300 g/mol. The fourth-order valence-corrected chi connectivity index (χ4v) is 2.46. The van der Waals surface area contributed by atoms with Crippen molar-refractivity contribution in [2.24, 2.45) is 0 Å². The topological polar surface area (TPSA) is 24.9 Å². The number of halogens is 1. The Morgan fingerprint density at radius 3 is 2.74 bits per heavy atom. The molecular formula is C16H13BrN2. The lowest BCUT2D eigenvalue weighted by Crippen LogP contribution is -1.96. The molecule has 0 bridgehead atoms. The van der Waals surface area contributed by atoms with Crippen LogP contribution in [-0.4, -0.2) is 4.98 Å². The van der Waals surface area contributed by atoms with Crippen LogP contribution in [0.2, 0.25) is 0 Å². The highest BCUT2D eigenvalue weighted by molar-refractivity contribution is 9.10. The lowest BCUT2D eigenvalue weighted by molar-refractivity contribution is 1.32. The number of nitrogens with zero attached hydrogens (tertiary/aromatic N) is 1. The van der Waals surface area contributed by atoms with Gasteiger partial charge >= 0.3 is 0 Å². The maximum atomic E-state index is 4.45. The highest BCUT2D eigenvalue weighted by atomic mass is 79.9. The summed E-state index contributed by atoms with van der Waals surface area (Å²) in [6, 6.07) is 16.4. The SMILES string of the molecule is Cc1c(Br)cccc1Nc1nccc2ccccc12. The molecule has 0 aliphatic rings. The van der Waals surface area contributed by atoms with Crippen molar-refractivity contribution in [1.82, 2.24) is 4.98 Å². The van der Waals surface area contributed by atoms with Crippen LogP contribution >= 0.6 is 15.9 Å². The van der Waals surface area contributed by atoms with Gasteiger partial charge in [-0.25, -0.2) is 4.98 Å². The summed E-state index contributed by atoms with van der Waals surface area (Å²) in [6.45, 7) is 2.08. The zero-order valence-electron chi connectivity index (χ0n) is 10.5. The Kier molecular flexibility index (Phi) is 3.22. The van der Waals surface area contributed by atoms with E-state index in [1.54, 1.807) is 0 Å². The molecule has 1 aromatic heterocycles. The van der Waals surface area contributed by atoms with E-state index in [2.05, 4.69) is 51.4 Å². The molecule has 0 amide bonds. The number of rotatable bonds is 2. The third kappa shape index (κ3) is 2.34. The maximum Gasteiger partial charge on any atom is 0.138 e. The van der Waals surface area contributed by atoms with E-state index >= 15 is 0 Å². The van der Waals surface area contributed by atoms with Crippen molar-refractivity contribution < 1.29 is 0 Å². The average Bonchev–Trinajstić information content (AvgIpc) is 2.44. The first-order valence-electron chi connectivity index (χ1n) is 6.11. The van der Waals surface area contributed by atoms with Gasteiger partial charge in [0.05, 0.1) is 0 Å². The number of aromatic nitrogens is 1. The summed E-state index contributed by atoms with van der Waals surface area (Å²) in [5.74, 6) is 0.888. The molecule has 1 N–H and O–H groups in total. The average molecular weight is 313 g/mol. The minimum absolute atomic E-state index is 0.888. The molecule has 3 rings (SSSR count). The van der Waals surface area contributed by atoms with Gasteiger partial charge in [0.2, 0.25) is 0 Å². The van der Waals surface area contributed by atoms with Crippen molar-refractivity contribution in [2.45, 2.75) is 6.92 Å². The van der Waals surface area contributed by atoms with Crippen LogP contribution in [-0.2, 0) is 0 Å². The largest absolute Gasteiger partial charge is 0.339 e. The van der Waals surface area contributed by atoms with Crippen molar-refractivity contribution in [1.29, 1.82) is 0 Å². The van der Waals surface area contributed by atoms with Crippen LogP contribution in [0.4, 0.5) is 11.5 Å². The predicted molar refractivity (Wildman–Crippen MR) is 83.9 cm³/mol. The van der Waals surface area contributed by atoms with E-state index in [-0.39, 0.29) is 0 Å². The first-order chi connectivity index (χ1) is 9.25. The lowest BCUT2D eigenvalue weighted by atomic mass is 10.1. The number of benzene rings is 2. The summed E-state index contributed by atoms with van der Waals surface area (Å²) >= 11 is 3.55. The first kappa shape index (κ1) is 12.2. The van der Waals surface area contributed by atoms with E-state index in [1.807, 2.05) is 36.5 Å². The molecule has 0 aliphatic heterocycles. The standard InChI is InChI=1S/C16H13BrN2/c1-11-14(17)7-4-8-15(11)19-16-13-6-3-2-5-12(13)9-10-18-16/h2-10H,1H3,(H,18,19). The minimum Gasteiger partial charge on any atom is -0.339 e. The second-order valence-electron chi connectivity index (χ2n) is 4.42. The van der Waals surface area contributed by atoms with Crippen LogP contribution < -0.4 is 5.32 Å². The molecule has 3 aromatic rings. The van der Waals surface area contributed by atoms with Gasteiger partial charge in [0, 0.05) is 21.7 Å². The molecule has 0 saturated heterocycles. The number of pyridine rings is 1. The van der Waals surface area contributed by atoms with Crippen LogP contribution in [0.3, 0.4) is 0 Å². The van der Waals surface area contributed by atoms with Crippen molar-refractivity contribution in [2.75, 3.05) is 5.32 Å². The molecule has 1 heterocycles. The Hall–Kier alpha value is -1.87. The monoisotopic (exact) mass is 312 g/mol. The molecule has 3 heteroatoms. The molecule has 0 atom stereocenters. The lowest BCUT2D eigenvalue weighted by Gasteiger charge is -2.12. The van der Waals surface area contributed by atoms with Gasteiger partial charge in [0.1, 0.15) is 5.82 Å². The molecule has 2 nitrogen and oxygen atoms in total. The Morgan fingerprint density at radius 1 is 1.00 bits per heavy atom. The second-order valence-corrected chi connectivity index (χ2v) is 5.27. The molecule has 0 unspecified atom stereocenters. The van der Waals surface area contributed by atoms with Crippen LogP contribution in [0, 0.1) is 6.92 Å². The number of hydrogen-bond donors (Lipinski definition) is 1. The molecule has 0 fully saturated rings. The summed E-state index contributed by atoms with van der Waals surface area (Å²) in [5.41, 5.74) is 2.25. The van der Waals surface area contributed by atoms with E-state index in [0.717, 1.165) is 21.4 Å².